The van der Waals surface area contributed by atoms with Crippen LogP contribution in [0, 0.1) is 0 Å². The molecule has 802 valence electrons. The highest BCUT2D eigenvalue weighted by Gasteiger charge is 2.45. The van der Waals surface area contributed by atoms with Crippen LogP contribution < -0.4 is 112 Å². The number of aromatic nitrogens is 9. The number of carbonyl (C=O) groups is 12. The Morgan fingerprint density at radius 2 is 0.720 bits per heavy atom. The van der Waals surface area contributed by atoms with Gasteiger partial charge in [0.05, 0.1) is 58.1 Å². The van der Waals surface area contributed by atoms with Gasteiger partial charge in [-0.3, -0.25) is 62.9 Å². The summed E-state index contributed by atoms with van der Waals surface area (Å²) in [5.41, 5.74) is 16.2. The zero-order chi connectivity index (χ0) is 109. The van der Waals surface area contributed by atoms with Crippen molar-refractivity contribution in [3.05, 3.63) is 253 Å². The lowest BCUT2D eigenvalue weighted by Crippen LogP contribution is -2.46. The van der Waals surface area contributed by atoms with Gasteiger partial charge in [0.25, 0.3) is 47.3 Å². The number of hydrogen-bond acceptors (Lipinski definition) is 26. The lowest BCUT2D eigenvalue weighted by molar-refractivity contribution is -0.122. The van der Waals surface area contributed by atoms with Gasteiger partial charge in [-0.05, 0) is 146 Å². The second-order valence-electron chi connectivity index (χ2n) is 37.1. The Morgan fingerprint density at radius 3 is 1.18 bits per heavy atom. The fourth-order valence-corrected chi connectivity index (χ4v) is 21.1. The molecule has 0 aliphatic rings. The maximum atomic E-state index is 13.7. The van der Waals surface area contributed by atoms with Crippen molar-refractivity contribution >= 4 is 140 Å². The summed E-state index contributed by atoms with van der Waals surface area (Å²) in [5.74, 6) is -5.14. The molecule has 6 unspecified atom stereocenters. The summed E-state index contributed by atoms with van der Waals surface area (Å²) >= 11 is 0. The zero-order valence-electron chi connectivity index (χ0n) is 86.8. The number of rotatable bonds is 56. The summed E-state index contributed by atoms with van der Waals surface area (Å²) in [4.78, 5) is 169. The normalized spacial score (nSPS) is 12.8. The average Bonchev–Trinajstić information content (AvgIpc) is 1.16. The van der Waals surface area contributed by atoms with Gasteiger partial charge >= 0.3 is 0 Å². The molecule has 0 aliphatic carbocycles. The minimum atomic E-state index is -2.02. The van der Waals surface area contributed by atoms with Crippen LogP contribution >= 0.6 is 7.26 Å². The highest BCUT2D eigenvalue weighted by Crippen LogP contribution is 2.56. The summed E-state index contributed by atoms with van der Waals surface area (Å²) in [6, 6.07) is 41.1. The summed E-state index contributed by atoms with van der Waals surface area (Å²) in [5, 5.41) is 92.7. The number of aliphatic hydroxyl groups excluding tert-OH is 4. The van der Waals surface area contributed by atoms with Crippen LogP contribution in [0.3, 0.4) is 0 Å². The molecular formula is C103H140N30O16P+. The molecule has 3 aromatic carbocycles. The number of nitrogens with one attached hydrogen (secondary N) is 16. The van der Waals surface area contributed by atoms with Gasteiger partial charge in [0, 0.05) is 204 Å². The Kier molecular flexibility index (Phi) is 41.0. The summed E-state index contributed by atoms with van der Waals surface area (Å²) in [6.45, 7) is 5.29. The molecule has 24 N–H and O–H groups in total. The van der Waals surface area contributed by atoms with Crippen LogP contribution in [0.1, 0.15) is 162 Å². The van der Waals surface area contributed by atoms with Gasteiger partial charge in [-0.25, -0.2) is 4.98 Å². The van der Waals surface area contributed by atoms with E-state index in [9.17, 15) is 78.0 Å². The van der Waals surface area contributed by atoms with Crippen LogP contribution in [-0.2, 0) is 75.6 Å². The van der Waals surface area contributed by atoms with E-state index >= 15 is 0 Å². The van der Waals surface area contributed by atoms with Crippen molar-refractivity contribution in [3.8, 4) is 0 Å². The van der Waals surface area contributed by atoms with E-state index in [0.717, 1.165) is 25.5 Å². The number of hydrogen-bond donors (Lipinski definition) is 22. The summed E-state index contributed by atoms with van der Waals surface area (Å²) < 4.78 is 12.2. The van der Waals surface area contributed by atoms with Gasteiger partial charge in [-0.2, -0.15) is 0 Å². The van der Waals surface area contributed by atoms with Crippen molar-refractivity contribution in [1.29, 1.82) is 0 Å². The van der Waals surface area contributed by atoms with Gasteiger partial charge in [-0.1, -0.05) is 54.6 Å². The maximum absolute atomic E-state index is 13.7. The fourth-order valence-electron chi connectivity index (χ4n) is 16.7. The number of likely N-dealkylation sites (N-methyl/N-ethyl adjacent to an activating group) is 2. The monoisotopic (exact) mass is 2080 g/mol. The molecule has 12 amide bonds. The van der Waals surface area contributed by atoms with Crippen molar-refractivity contribution in [2.24, 2.45) is 67.8 Å². The number of aryl methyl sites for hydroxylation is 8. The highest BCUT2D eigenvalue weighted by atomic mass is 31.2. The minimum absolute atomic E-state index is 0.00486. The van der Waals surface area contributed by atoms with E-state index in [0.29, 0.717) is 48.6 Å². The number of anilines is 8. The number of imidazole rings is 1. The molecule has 0 radical (unpaired) electrons. The standard InChI is InChI=1S/C103H139N30O16P/c1-65(94(140)108-40-26-35-89(136)112-67-48-80(129(10)55-67)99(145)115-70-51-79(128(9)58-70)98(144)111-45-39-91(138)119-84(104)62-125(6)66(2)95(141)114-69-53-81(131(12)57-69)100(146)116-71-50-77(126(7)59-71)96(142)109-43-36-88(135)106-41-27-46-123(3)4)124(5)63-85(105)120-102(148)83-49-68(56-130(83)11)113-90(137)38-44-110-97(143)78-52-72(60-127(78)8)117-101(147)82-54-73(61-132(82)13)118-103(149)93-122-86(64-133(93)14)121-92(139)37-42-107-87(134)34-24-25-47-150(74-28-18-15-19-29-74,75-30-20-16-21-31-75)76-32-22-17-23-33-76/h15-23,28-33,48-66,91-92,94-95,108,114,119,121,138-141H,24-27,34-47,104-105H2,1-14H3,(H11-,106,107,109,110,111,112,113,115,116,117,118,120,134,135,136,137,142,143,144,145,146,147,148,149)/p+1/b84-62+,85-63+. The predicted molar refractivity (Wildman–Crippen MR) is 577 cm³/mol. The molecule has 0 bridgehead atoms. The zero-order valence-corrected chi connectivity index (χ0v) is 87.7. The number of aliphatic hydroxyl groups is 4. The van der Waals surface area contributed by atoms with E-state index in [2.05, 4.69) is 163 Å². The van der Waals surface area contributed by atoms with E-state index in [4.69, 9.17) is 11.5 Å². The van der Waals surface area contributed by atoms with Crippen LogP contribution in [0.15, 0.2) is 207 Å². The number of nitrogens with zero attached hydrogens (tertiary/aromatic N) is 12. The SMILES string of the molecule is CC(C(O)NCCCC(=O)Nc1cc(C(=O)Nc2cc(C(=O)NCCC(O)N/C(N)=C/N(C)C(C)C(O)Nc3cc(C(=O)Nc4cc(C(=O)NCCC(=O)NCCCN(C)C)n(C)c4)n(C)c3)n(C)c2)n(C)c1)N(C)/C=C(\N)NC(=O)c1cc(NC(=O)CCNC(=O)c2cc(NC(=O)c3cc(NC(=O)c4nc(NC(O)CCNC(=O)CCCC[P+](c5ccccc5)(c5ccccc5)c5ccccc5)cn4C)cn3C)cn2C)cn1C. The number of unbranched alkanes of at least 4 members (excludes halogenated alkanes) is 1. The van der Waals surface area contributed by atoms with Gasteiger partial charge in [0.15, 0.2) is 0 Å². The molecule has 0 fully saturated rings. The Hall–Kier alpha value is -16.3. The van der Waals surface area contributed by atoms with Crippen molar-refractivity contribution in [2.75, 3.05) is 123 Å². The molecule has 0 spiro atoms. The van der Waals surface area contributed by atoms with Crippen LogP contribution in [0.5, 0.6) is 0 Å². The molecule has 11 aromatic rings. The first-order valence-corrected chi connectivity index (χ1v) is 51.0. The van der Waals surface area contributed by atoms with Crippen molar-refractivity contribution in [1.82, 2.24) is 98.8 Å². The maximum Gasteiger partial charge on any atom is 0.291 e. The largest absolute Gasteiger partial charge is 0.384 e. The molecule has 0 saturated carbocycles. The average molecular weight is 2090 g/mol. The van der Waals surface area contributed by atoms with Crippen molar-refractivity contribution in [2.45, 2.75) is 115 Å². The van der Waals surface area contributed by atoms with Crippen LogP contribution in [0.2, 0.25) is 0 Å². The lowest BCUT2D eigenvalue weighted by atomic mass is 10.2. The van der Waals surface area contributed by atoms with E-state index in [1.54, 1.807) is 147 Å². The second-order valence-corrected chi connectivity index (χ2v) is 40.7. The third-order valence-corrected chi connectivity index (χ3v) is 29.5. The molecule has 0 saturated heterocycles. The first-order valence-electron chi connectivity index (χ1n) is 49.1. The predicted octanol–water partition coefficient (Wildman–Crippen LogP) is 3.82. The number of nitrogens with two attached hydrogens (primary N) is 2. The highest BCUT2D eigenvalue weighted by molar-refractivity contribution is 7.95. The Bertz CT molecular complexity index is 6490. The first-order chi connectivity index (χ1) is 71.5. The molecule has 8 heterocycles. The smallest absolute Gasteiger partial charge is 0.291 e. The third-order valence-electron chi connectivity index (χ3n) is 24.9. The molecule has 6 atom stereocenters. The topological polar surface area (TPSA) is 592 Å². The molecule has 0 aliphatic heterocycles. The number of benzene rings is 3. The van der Waals surface area contributed by atoms with E-state index in [1.165, 1.54) is 105 Å². The third kappa shape index (κ3) is 32.4. The molecular weight excluding hydrogens is 1940 g/mol. The Balaban J connectivity index is 0.525. The second kappa shape index (κ2) is 53.9. The molecule has 11 rings (SSSR count). The van der Waals surface area contributed by atoms with E-state index in [-0.39, 0.29) is 163 Å². The first kappa shape index (κ1) is 114. The molecule has 8 aromatic heterocycles. The van der Waals surface area contributed by atoms with Crippen molar-refractivity contribution in [3.63, 3.8) is 0 Å². The van der Waals surface area contributed by atoms with Gasteiger partial charge in [0.2, 0.25) is 29.5 Å². The minimum Gasteiger partial charge on any atom is -0.384 e. The lowest BCUT2D eigenvalue weighted by Gasteiger charge is -2.29. The van der Waals surface area contributed by atoms with Crippen LogP contribution in [0.25, 0.3) is 0 Å². The molecule has 47 heteroatoms. The number of amides is 12. The van der Waals surface area contributed by atoms with Crippen LogP contribution in [-0.4, -0.2) is 265 Å². The van der Waals surface area contributed by atoms with Crippen molar-refractivity contribution < 1.29 is 78.0 Å². The van der Waals surface area contributed by atoms with Gasteiger partial charge in [0.1, 0.15) is 105 Å². The van der Waals surface area contributed by atoms with E-state index in [1.807, 2.05) is 37.2 Å². The molecule has 150 heavy (non-hydrogen) atoms. The summed E-state index contributed by atoms with van der Waals surface area (Å²) in [7, 11) is 18.2. The van der Waals surface area contributed by atoms with Gasteiger partial charge in [-0.15, -0.1) is 0 Å². The molecule has 46 nitrogen and oxygen atoms in total. The van der Waals surface area contributed by atoms with Crippen LogP contribution in [0.4, 0.5) is 45.6 Å². The summed E-state index contributed by atoms with van der Waals surface area (Å²) in [6.07, 6.45) is 14.8. The Morgan fingerprint density at radius 1 is 0.360 bits per heavy atom. The quantitative estimate of drug-likeness (QED) is 0.0146. The van der Waals surface area contributed by atoms with E-state index < -0.39 is 97.4 Å². The Labute approximate surface area is 870 Å². The van der Waals surface area contributed by atoms with Gasteiger partial charge < -0.3 is 163 Å². The number of carbonyl (C=O) groups excluding carboxylic acids is 12. The fraction of sp³-hybridized carbons (Fsp3) is 0.369.